The third kappa shape index (κ3) is 1.45. The third-order valence-electron chi connectivity index (χ3n) is 1.80. The monoisotopic (exact) mass is 194 g/mol. The number of halogens is 1. The first-order valence-corrected chi connectivity index (χ1v) is 4.20. The van der Waals surface area contributed by atoms with Crippen LogP contribution in [0.3, 0.4) is 0 Å². The molecule has 0 aliphatic carbocycles. The first-order valence-electron chi connectivity index (χ1n) is 3.08. The van der Waals surface area contributed by atoms with Crippen molar-refractivity contribution in [1.29, 1.82) is 0 Å². The van der Waals surface area contributed by atoms with E-state index in [1.807, 2.05) is 0 Å². The van der Waals surface area contributed by atoms with Crippen LogP contribution in [0.2, 0.25) is 0 Å². The topological polar surface area (TPSA) is 29.5 Å². The van der Waals surface area contributed by atoms with Crippen LogP contribution in [0.1, 0.15) is 6.42 Å². The van der Waals surface area contributed by atoms with Crippen molar-refractivity contribution >= 4 is 15.9 Å². The van der Waals surface area contributed by atoms with Gasteiger partial charge in [0.25, 0.3) is 0 Å². The maximum absolute atomic E-state index is 8.91. The van der Waals surface area contributed by atoms with Crippen LogP contribution >= 0.6 is 15.9 Å². The molecule has 1 unspecified atom stereocenters. The molecular formula is C6H11BrO2. The highest BCUT2D eigenvalue weighted by atomic mass is 79.9. The maximum atomic E-state index is 8.91. The average Bonchev–Trinajstić information content (AvgIpc) is 2.36. The summed E-state index contributed by atoms with van der Waals surface area (Å²) >= 11 is 3.35. The summed E-state index contributed by atoms with van der Waals surface area (Å²) in [6.07, 6.45) is 0.981. The molecule has 3 heteroatoms. The Hall–Kier alpha value is 0.400. The number of aliphatic hydroxyl groups is 1. The molecule has 1 aliphatic rings. The molecule has 0 radical (unpaired) electrons. The quantitative estimate of drug-likeness (QED) is 0.659. The van der Waals surface area contributed by atoms with Crippen molar-refractivity contribution in [3.8, 4) is 0 Å². The van der Waals surface area contributed by atoms with Crippen LogP contribution in [0.5, 0.6) is 0 Å². The lowest BCUT2D eigenvalue weighted by Gasteiger charge is -2.20. The second-order valence-electron chi connectivity index (χ2n) is 2.59. The van der Waals surface area contributed by atoms with Crippen molar-refractivity contribution in [3.63, 3.8) is 0 Å². The smallest absolute Gasteiger partial charge is 0.0553 e. The molecule has 1 fully saturated rings. The molecule has 54 valence electrons. The SMILES string of the molecule is OCC1(CBr)CCOC1. The highest BCUT2D eigenvalue weighted by Gasteiger charge is 2.32. The summed E-state index contributed by atoms with van der Waals surface area (Å²) in [5.41, 5.74) is 0.0278. The number of aliphatic hydroxyl groups excluding tert-OH is 1. The summed E-state index contributed by atoms with van der Waals surface area (Å²) in [6, 6.07) is 0. The highest BCUT2D eigenvalue weighted by Crippen LogP contribution is 2.29. The van der Waals surface area contributed by atoms with E-state index in [2.05, 4.69) is 15.9 Å². The first kappa shape index (κ1) is 7.51. The summed E-state index contributed by atoms with van der Waals surface area (Å²) in [6.45, 7) is 1.74. The van der Waals surface area contributed by atoms with Gasteiger partial charge in [0.05, 0.1) is 13.2 Å². The van der Waals surface area contributed by atoms with E-state index in [0.717, 1.165) is 18.4 Å². The summed E-state index contributed by atoms with van der Waals surface area (Å²) in [4.78, 5) is 0. The van der Waals surface area contributed by atoms with E-state index in [1.54, 1.807) is 0 Å². The Morgan fingerprint density at radius 2 is 2.44 bits per heavy atom. The van der Waals surface area contributed by atoms with E-state index in [-0.39, 0.29) is 12.0 Å². The zero-order chi connectivity index (χ0) is 6.74. The molecule has 0 amide bonds. The molecule has 9 heavy (non-hydrogen) atoms. The molecule has 1 N–H and O–H groups in total. The molecule has 1 aliphatic heterocycles. The van der Waals surface area contributed by atoms with Crippen LogP contribution in [-0.4, -0.2) is 30.3 Å². The molecule has 1 rings (SSSR count). The number of rotatable bonds is 2. The molecule has 0 aromatic heterocycles. The lowest BCUT2D eigenvalue weighted by atomic mass is 9.91. The number of alkyl halides is 1. The second-order valence-corrected chi connectivity index (χ2v) is 3.16. The molecule has 0 aromatic rings. The van der Waals surface area contributed by atoms with Crippen LogP contribution in [0.4, 0.5) is 0 Å². The Labute approximate surface area is 63.3 Å². The summed E-state index contributed by atoms with van der Waals surface area (Å²) in [5, 5.41) is 9.75. The molecule has 0 saturated carbocycles. The molecule has 1 saturated heterocycles. The van der Waals surface area contributed by atoms with Gasteiger partial charge in [-0.15, -0.1) is 0 Å². The van der Waals surface area contributed by atoms with Gasteiger partial charge in [0, 0.05) is 17.4 Å². The minimum absolute atomic E-state index is 0.0278. The van der Waals surface area contributed by atoms with Crippen molar-refractivity contribution < 1.29 is 9.84 Å². The van der Waals surface area contributed by atoms with Crippen LogP contribution in [0.25, 0.3) is 0 Å². The standard InChI is InChI=1S/C6H11BrO2/c7-3-6(4-8)1-2-9-5-6/h8H,1-5H2. The summed E-state index contributed by atoms with van der Waals surface area (Å²) in [7, 11) is 0. The molecule has 2 nitrogen and oxygen atoms in total. The minimum atomic E-state index is 0.0278. The normalized spacial score (nSPS) is 35.3. The maximum Gasteiger partial charge on any atom is 0.0553 e. The summed E-state index contributed by atoms with van der Waals surface area (Å²) < 4.78 is 5.15. The van der Waals surface area contributed by atoms with Gasteiger partial charge in [-0.25, -0.2) is 0 Å². The molecule has 1 atom stereocenters. The fourth-order valence-electron chi connectivity index (χ4n) is 0.922. The lowest BCUT2D eigenvalue weighted by molar-refractivity contribution is 0.111. The fourth-order valence-corrected chi connectivity index (χ4v) is 1.54. The Morgan fingerprint density at radius 1 is 1.67 bits per heavy atom. The van der Waals surface area contributed by atoms with Gasteiger partial charge in [0.15, 0.2) is 0 Å². The predicted molar refractivity (Wildman–Crippen MR) is 38.7 cm³/mol. The molecule has 0 bridgehead atoms. The van der Waals surface area contributed by atoms with Gasteiger partial charge in [-0.1, -0.05) is 15.9 Å². The van der Waals surface area contributed by atoms with E-state index < -0.39 is 0 Å². The van der Waals surface area contributed by atoms with E-state index in [4.69, 9.17) is 9.84 Å². The number of ether oxygens (including phenoxy) is 1. The molecule has 0 aromatic carbocycles. The minimum Gasteiger partial charge on any atom is -0.396 e. The van der Waals surface area contributed by atoms with Gasteiger partial charge in [0.2, 0.25) is 0 Å². The Bertz CT molecular complexity index is 83.1. The zero-order valence-electron chi connectivity index (χ0n) is 5.27. The Balaban J connectivity index is 2.45. The van der Waals surface area contributed by atoms with Crippen molar-refractivity contribution in [2.75, 3.05) is 25.2 Å². The van der Waals surface area contributed by atoms with Gasteiger partial charge in [-0.05, 0) is 6.42 Å². The van der Waals surface area contributed by atoms with E-state index >= 15 is 0 Å². The van der Waals surface area contributed by atoms with Crippen LogP contribution in [0, 0.1) is 5.41 Å². The number of hydrogen-bond donors (Lipinski definition) is 1. The van der Waals surface area contributed by atoms with Crippen molar-refractivity contribution in [3.05, 3.63) is 0 Å². The van der Waals surface area contributed by atoms with E-state index in [9.17, 15) is 0 Å². The van der Waals surface area contributed by atoms with Crippen LogP contribution in [-0.2, 0) is 4.74 Å². The van der Waals surface area contributed by atoms with Gasteiger partial charge in [0.1, 0.15) is 0 Å². The number of hydrogen-bond acceptors (Lipinski definition) is 2. The van der Waals surface area contributed by atoms with Crippen LogP contribution < -0.4 is 0 Å². The van der Waals surface area contributed by atoms with E-state index in [0.29, 0.717) is 6.61 Å². The fraction of sp³-hybridized carbons (Fsp3) is 1.00. The van der Waals surface area contributed by atoms with Gasteiger partial charge in [-0.2, -0.15) is 0 Å². The second kappa shape index (κ2) is 2.99. The Kier molecular flexibility index (Phi) is 2.50. The van der Waals surface area contributed by atoms with Gasteiger partial charge >= 0.3 is 0 Å². The van der Waals surface area contributed by atoms with Gasteiger partial charge in [-0.3, -0.25) is 0 Å². The Morgan fingerprint density at radius 3 is 2.67 bits per heavy atom. The average molecular weight is 195 g/mol. The highest BCUT2D eigenvalue weighted by molar-refractivity contribution is 9.09. The van der Waals surface area contributed by atoms with Crippen molar-refractivity contribution in [1.82, 2.24) is 0 Å². The molecular weight excluding hydrogens is 184 g/mol. The van der Waals surface area contributed by atoms with Gasteiger partial charge < -0.3 is 9.84 Å². The van der Waals surface area contributed by atoms with Crippen molar-refractivity contribution in [2.45, 2.75) is 6.42 Å². The molecule has 1 heterocycles. The largest absolute Gasteiger partial charge is 0.396 e. The van der Waals surface area contributed by atoms with E-state index in [1.165, 1.54) is 0 Å². The molecule has 0 spiro atoms. The zero-order valence-corrected chi connectivity index (χ0v) is 6.85. The lowest BCUT2D eigenvalue weighted by Crippen LogP contribution is -2.27. The van der Waals surface area contributed by atoms with Crippen molar-refractivity contribution in [2.24, 2.45) is 5.41 Å². The first-order chi connectivity index (χ1) is 4.33. The van der Waals surface area contributed by atoms with Crippen LogP contribution in [0.15, 0.2) is 0 Å². The predicted octanol–water partition coefficient (Wildman–Crippen LogP) is 0.780. The summed E-state index contributed by atoms with van der Waals surface area (Å²) in [5.74, 6) is 0. The third-order valence-corrected chi connectivity index (χ3v) is 2.99.